The minimum atomic E-state index is -1.07. The van der Waals surface area contributed by atoms with Gasteiger partial charge in [0.05, 0.1) is 30.4 Å². The van der Waals surface area contributed by atoms with Gasteiger partial charge < -0.3 is 19.2 Å². The zero-order valence-corrected chi connectivity index (χ0v) is 17.3. The average molecular weight is 418 g/mol. The van der Waals surface area contributed by atoms with Crippen LogP contribution in [0.5, 0.6) is 11.5 Å². The summed E-state index contributed by atoms with van der Waals surface area (Å²) in [5.74, 6) is -1.62. The van der Waals surface area contributed by atoms with Crippen molar-refractivity contribution in [2.24, 2.45) is 0 Å². The fourth-order valence-corrected chi connectivity index (χ4v) is 3.13. The summed E-state index contributed by atoms with van der Waals surface area (Å²) in [5.41, 5.74) is 0.608. The summed E-state index contributed by atoms with van der Waals surface area (Å²) in [7, 11) is 1.32. The number of nitrogens with zero attached hydrogens (tertiary/aromatic N) is 1. The molecule has 1 heterocycles. The van der Waals surface area contributed by atoms with Gasteiger partial charge >= 0.3 is 5.97 Å². The van der Waals surface area contributed by atoms with Crippen molar-refractivity contribution in [1.29, 1.82) is 0 Å². The molecule has 1 N–H and O–H groups in total. The maximum atomic E-state index is 12.5. The number of esters is 1. The number of aryl methyl sites for hydroxylation is 1. The Morgan fingerprint density at radius 3 is 2.33 bits per heavy atom. The van der Waals surface area contributed by atoms with E-state index in [0.717, 1.165) is 12.1 Å². The van der Waals surface area contributed by atoms with Crippen LogP contribution in [0.25, 0.3) is 0 Å². The number of H-pyrrole nitrogens is 1. The number of nitrogens with one attached hydrogen (secondary N) is 1. The van der Waals surface area contributed by atoms with E-state index < -0.39 is 29.0 Å². The number of hydrogen-bond donors (Lipinski definition) is 1. The molecule has 0 bridgehead atoms. The molecule has 1 aromatic carbocycles. The SMILES string of the molecule is CCOc1cc([N+](=O)[O-])c(C(=O)OCC(=O)c2[nH]c(C)c(C(C)=O)c2C)cc1OC. The molecule has 0 saturated carbocycles. The highest BCUT2D eigenvalue weighted by molar-refractivity contribution is 6.04. The zero-order chi connectivity index (χ0) is 22.6. The van der Waals surface area contributed by atoms with Crippen LogP contribution in [0.15, 0.2) is 12.1 Å². The summed E-state index contributed by atoms with van der Waals surface area (Å²) in [6.45, 7) is 5.92. The van der Waals surface area contributed by atoms with Crippen molar-refractivity contribution in [3.05, 3.63) is 50.3 Å². The third-order valence-corrected chi connectivity index (χ3v) is 4.40. The number of rotatable bonds is 9. The second-order valence-electron chi connectivity index (χ2n) is 6.39. The lowest BCUT2D eigenvalue weighted by molar-refractivity contribution is -0.385. The number of benzene rings is 1. The van der Waals surface area contributed by atoms with E-state index in [9.17, 15) is 24.5 Å². The second-order valence-corrected chi connectivity index (χ2v) is 6.39. The second kappa shape index (κ2) is 9.21. The molecule has 2 rings (SSSR count). The van der Waals surface area contributed by atoms with Crippen molar-refractivity contribution < 1.29 is 33.5 Å². The molecule has 10 heteroatoms. The molecule has 0 aliphatic heterocycles. The zero-order valence-electron chi connectivity index (χ0n) is 17.3. The number of carbonyl (C=O) groups is 3. The Bertz CT molecular complexity index is 1020. The number of methoxy groups -OCH3 is 1. The molecule has 10 nitrogen and oxygen atoms in total. The Hall–Kier alpha value is -3.69. The normalized spacial score (nSPS) is 10.4. The van der Waals surface area contributed by atoms with Gasteiger partial charge in [-0.2, -0.15) is 0 Å². The van der Waals surface area contributed by atoms with Crippen molar-refractivity contribution in [2.45, 2.75) is 27.7 Å². The van der Waals surface area contributed by atoms with Crippen molar-refractivity contribution in [1.82, 2.24) is 4.98 Å². The largest absolute Gasteiger partial charge is 0.493 e. The summed E-state index contributed by atoms with van der Waals surface area (Å²) >= 11 is 0. The number of ether oxygens (including phenoxy) is 3. The lowest BCUT2D eigenvalue weighted by Gasteiger charge is -2.11. The molecule has 160 valence electrons. The van der Waals surface area contributed by atoms with E-state index in [0.29, 0.717) is 16.8 Å². The van der Waals surface area contributed by atoms with Crippen LogP contribution >= 0.6 is 0 Å². The van der Waals surface area contributed by atoms with E-state index in [1.807, 2.05) is 0 Å². The van der Waals surface area contributed by atoms with Gasteiger partial charge in [-0.1, -0.05) is 0 Å². The van der Waals surface area contributed by atoms with Gasteiger partial charge in [0.1, 0.15) is 5.56 Å². The maximum Gasteiger partial charge on any atom is 0.345 e. The van der Waals surface area contributed by atoms with Crippen LogP contribution < -0.4 is 9.47 Å². The average Bonchev–Trinajstić information content (AvgIpc) is 2.99. The molecule has 0 saturated heterocycles. The van der Waals surface area contributed by atoms with Gasteiger partial charge in [0.25, 0.3) is 5.69 Å². The molecule has 0 aliphatic rings. The van der Waals surface area contributed by atoms with E-state index in [4.69, 9.17) is 14.2 Å². The molecule has 0 spiro atoms. The predicted octanol–water partition coefficient (Wildman–Crippen LogP) is 3.19. The molecule has 30 heavy (non-hydrogen) atoms. The Balaban J connectivity index is 2.28. The van der Waals surface area contributed by atoms with E-state index >= 15 is 0 Å². The highest BCUT2D eigenvalue weighted by atomic mass is 16.6. The van der Waals surface area contributed by atoms with E-state index in [1.54, 1.807) is 20.8 Å². The van der Waals surface area contributed by atoms with Crippen LogP contribution in [0.3, 0.4) is 0 Å². The van der Waals surface area contributed by atoms with Crippen molar-refractivity contribution in [3.63, 3.8) is 0 Å². The molecule has 0 radical (unpaired) electrons. The molecule has 0 amide bonds. The number of Topliss-reactive ketones (excluding diaryl/α,β-unsaturated/α-hetero) is 2. The Kier molecular flexibility index (Phi) is 6.93. The molecule has 0 unspecified atom stereocenters. The van der Waals surface area contributed by atoms with E-state index in [1.165, 1.54) is 14.0 Å². The Morgan fingerprint density at radius 1 is 1.17 bits per heavy atom. The fraction of sp³-hybridized carbons (Fsp3) is 0.350. The van der Waals surface area contributed by atoms with Crippen LogP contribution in [0.1, 0.15) is 56.3 Å². The minimum absolute atomic E-state index is 0.105. The van der Waals surface area contributed by atoms with Crippen LogP contribution in [0.2, 0.25) is 0 Å². The number of aromatic nitrogens is 1. The monoisotopic (exact) mass is 418 g/mol. The lowest BCUT2D eigenvalue weighted by Crippen LogP contribution is -2.16. The van der Waals surface area contributed by atoms with E-state index in [2.05, 4.69) is 4.98 Å². The van der Waals surface area contributed by atoms with Gasteiger partial charge in [-0.05, 0) is 33.3 Å². The highest BCUT2D eigenvalue weighted by Gasteiger charge is 2.27. The number of hydrogen-bond acceptors (Lipinski definition) is 8. The smallest absolute Gasteiger partial charge is 0.345 e. The maximum absolute atomic E-state index is 12.5. The molecule has 0 atom stereocenters. The van der Waals surface area contributed by atoms with Gasteiger partial charge in [-0.3, -0.25) is 19.7 Å². The van der Waals surface area contributed by atoms with Crippen LogP contribution in [0.4, 0.5) is 5.69 Å². The van der Waals surface area contributed by atoms with Crippen molar-refractivity contribution >= 4 is 23.2 Å². The summed E-state index contributed by atoms with van der Waals surface area (Å²) < 4.78 is 15.4. The molecule has 0 aliphatic carbocycles. The minimum Gasteiger partial charge on any atom is -0.493 e. The first-order valence-electron chi connectivity index (χ1n) is 9.01. The quantitative estimate of drug-likeness (QED) is 0.284. The van der Waals surface area contributed by atoms with Crippen molar-refractivity contribution in [3.8, 4) is 11.5 Å². The van der Waals surface area contributed by atoms with Gasteiger partial charge in [-0.15, -0.1) is 0 Å². The lowest BCUT2D eigenvalue weighted by atomic mass is 10.1. The Labute approximate surface area is 172 Å². The predicted molar refractivity (Wildman–Crippen MR) is 106 cm³/mol. The molecule has 1 aromatic heterocycles. The fourth-order valence-electron chi connectivity index (χ4n) is 3.13. The number of nitro benzene ring substituents is 1. The number of aromatic amines is 1. The number of carbonyl (C=O) groups excluding carboxylic acids is 3. The summed E-state index contributed by atoms with van der Waals surface area (Å²) in [6.07, 6.45) is 0. The third-order valence-electron chi connectivity index (χ3n) is 4.40. The van der Waals surface area contributed by atoms with Gasteiger partial charge in [0, 0.05) is 17.3 Å². The van der Waals surface area contributed by atoms with Crippen LogP contribution in [0, 0.1) is 24.0 Å². The topological polar surface area (TPSA) is 138 Å². The molecular weight excluding hydrogens is 396 g/mol. The first kappa shape index (κ1) is 22.6. The molecular formula is C20H22N2O8. The van der Waals surface area contributed by atoms with Crippen LogP contribution in [-0.2, 0) is 4.74 Å². The number of ketones is 2. The first-order valence-corrected chi connectivity index (χ1v) is 9.01. The summed E-state index contributed by atoms with van der Waals surface area (Å²) in [4.78, 5) is 50.1. The first-order chi connectivity index (χ1) is 14.1. The molecule has 0 fully saturated rings. The summed E-state index contributed by atoms with van der Waals surface area (Å²) in [6, 6.07) is 2.20. The van der Waals surface area contributed by atoms with Crippen molar-refractivity contribution in [2.75, 3.05) is 20.3 Å². The van der Waals surface area contributed by atoms with Gasteiger partial charge in [0.2, 0.25) is 5.78 Å². The molecule has 2 aromatic rings. The standard InChI is InChI=1S/C20H22N2O8/c1-6-29-17-8-14(22(26)27)13(7-16(17)28-5)20(25)30-9-15(24)19-10(2)18(12(4)23)11(3)21-19/h7-8,21H,6,9H2,1-5H3. The highest BCUT2D eigenvalue weighted by Crippen LogP contribution is 2.35. The van der Waals surface area contributed by atoms with Gasteiger partial charge in [0.15, 0.2) is 23.9 Å². The van der Waals surface area contributed by atoms with E-state index in [-0.39, 0.29) is 35.1 Å². The Morgan fingerprint density at radius 2 is 1.83 bits per heavy atom. The van der Waals surface area contributed by atoms with Crippen LogP contribution in [-0.4, -0.2) is 47.8 Å². The van der Waals surface area contributed by atoms with Gasteiger partial charge in [-0.25, -0.2) is 4.79 Å². The summed E-state index contributed by atoms with van der Waals surface area (Å²) in [5, 5.41) is 11.4. The third kappa shape index (κ3) is 4.48. The number of nitro groups is 1.